The predicted octanol–water partition coefficient (Wildman–Crippen LogP) is 1.79. The van der Waals surface area contributed by atoms with Crippen molar-refractivity contribution in [1.82, 2.24) is 5.43 Å². The normalized spacial score (nSPS) is 10.4. The van der Waals surface area contributed by atoms with E-state index in [1.807, 2.05) is 12.3 Å². The molecule has 2 amide bonds. The van der Waals surface area contributed by atoms with Crippen LogP contribution in [0.4, 0.5) is 11.4 Å². The maximum Gasteiger partial charge on any atom is 0.329 e. The molecule has 0 radical (unpaired) electrons. The van der Waals surface area contributed by atoms with E-state index >= 15 is 0 Å². The number of carbonyl (C=O) groups is 2. The first-order valence-electron chi connectivity index (χ1n) is 7.75. The predicted molar refractivity (Wildman–Crippen MR) is 96.7 cm³/mol. The summed E-state index contributed by atoms with van der Waals surface area (Å²) >= 11 is 0. The van der Waals surface area contributed by atoms with Crippen LogP contribution in [0.1, 0.15) is 12.5 Å². The number of non-ortho nitro benzene ring substituents is 1. The number of ether oxygens (including phenoxy) is 1. The summed E-state index contributed by atoms with van der Waals surface area (Å²) < 4.78 is 5.27. The number of phenolic OH excluding ortho intramolecular Hbond substituents is 1. The van der Waals surface area contributed by atoms with Crippen molar-refractivity contribution in [3.63, 3.8) is 0 Å². The number of hydrogen-bond acceptors (Lipinski definition) is 7. The van der Waals surface area contributed by atoms with Crippen LogP contribution in [0.15, 0.2) is 47.6 Å². The van der Waals surface area contributed by atoms with E-state index in [0.29, 0.717) is 18.0 Å². The maximum absolute atomic E-state index is 11.8. The Morgan fingerprint density at radius 3 is 2.56 bits per heavy atom. The highest BCUT2D eigenvalue weighted by Crippen LogP contribution is 2.21. The highest BCUT2D eigenvalue weighted by Gasteiger charge is 2.13. The van der Waals surface area contributed by atoms with E-state index in [9.17, 15) is 24.8 Å². The number of nitro groups is 1. The van der Waals surface area contributed by atoms with E-state index in [4.69, 9.17) is 4.74 Å². The van der Waals surface area contributed by atoms with Crippen molar-refractivity contribution in [2.75, 3.05) is 11.9 Å². The molecular formula is C17H16N4O6. The Labute approximate surface area is 153 Å². The minimum absolute atomic E-state index is 0.0106. The monoisotopic (exact) mass is 372 g/mol. The summed E-state index contributed by atoms with van der Waals surface area (Å²) in [5.41, 5.74) is 2.11. The number of phenols is 1. The van der Waals surface area contributed by atoms with Crippen LogP contribution < -0.4 is 15.5 Å². The van der Waals surface area contributed by atoms with Gasteiger partial charge in [-0.25, -0.2) is 5.43 Å². The average molecular weight is 372 g/mol. The van der Waals surface area contributed by atoms with Gasteiger partial charge in [-0.15, -0.1) is 0 Å². The first kappa shape index (κ1) is 19.4. The number of benzene rings is 2. The lowest BCUT2D eigenvalue weighted by Gasteiger charge is -2.06. The number of anilines is 1. The Morgan fingerprint density at radius 1 is 1.22 bits per heavy atom. The van der Waals surface area contributed by atoms with Crippen LogP contribution in [0.5, 0.6) is 11.5 Å². The van der Waals surface area contributed by atoms with Gasteiger partial charge in [0.2, 0.25) is 0 Å². The molecule has 10 heteroatoms. The minimum atomic E-state index is -1.05. The molecule has 2 rings (SSSR count). The Kier molecular flexibility index (Phi) is 6.42. The molecule has 10 nitrogen and oxygen atoms in total. The summed E-state index contributed by atoms with van der Waals surface area (Å²) in [7, 11) is 0. The molecule has 140 valence electrons. The summed E-state index contributed by atoms with van der Waals surface area (Å²) in [6, 6.07) is 9.74. The highest BCUT2D eigenvalue weighted by atomic mass is 16.6. The number of hydrogen-bond donors (Lipinski definition) is 3. The first-order chi connectivity index (χ1) is 12.9. The van der Waals surface area contributed by atoms with Crippen molar-refractivity contribution in [2.45, 2.75) is 6.92 Å². The van der Waals surface area contributed by atoms with Gasteiger partial charge in [0.25, 0.3) is 5.69 Å². The van der Waals surface area contributed by atoms with Crippen molar-refractivity contribution in [3.05, 3.63) is 58.1 Å². The van der Waals surface area contributed by atoms with Crippen LogP contribution in [0.2, 0.25) is 0 Å². The van der Waals surface area contributed by atoms with E-state index in [1.54, 1.807) is 24.3 Å². The smallest absolute Gasteiger partial charge is 0.329 e. The highest BCUT2D eigenvalue weighted by molar-refractivity contribution is 6.39. The number of amides is 2. The summed E-state index contributed by atoms with van der Waals surface area (Å²) in [5.74, 6) is -1.65. The topological polar surface area (TPSA) is 143 Å². The molecule has 2 aromatic rings. The van der Waals surface area contributed by atoms with Crippen LogP contribution >= 0.6 is 0 Å². The van der Waals surface area contributed by atoms with Gasteiger partial charge in [-0.3, -0.25) is 19.7 Å². The van der Waals surface area contributed by atoms with Crippen molar-refractivity contribution in [2.24, 2.45) is 5.10 Å². The van der Waals surface area contributed by atoms with Crippen molar-refractivity contribution < 1.29 is 24.4 Å². The van der Waals surface area contributed by atoms with Crippen molar-refractivity contribution >= 4 is 29.4 Å². The van der Waals surface area contributed by atoms with Crippen LogP contribution in [0, 0.1) is 10.1 Å². The van der Waals surface area contributed by atoms with Gasteiger partial charge in [0.05, 0.1) is 17.7 Å². The van der Waals surface area contributed by atoms with E-state index in [1.165, 1.54) is 0 Å². The number of nitrogens with zero attached hydrogens (tertiary/aromatic N) is 2. The third-order valence-electron chi connectivity index (χ3n) is 3.22. The number of hydrazone groups is 1. The summed E-state index contributed by atoms with van der Waals surface area (Å²) in [4.78, 5) is 33.6. The molecule has 0 spiro atoms. The summed E-state index contributed by atoms with van der Waals surface area (Å²) in [5, 5.41) is 26.2. The molecule has 2 aromatic carbocycles. The van der Waals surface area contributed by atoms with Crippen LogP contribution in [-0.2, 0) is 9.59 Å². The lowest BCUT2D eigenvalue weighted by Crippen LogP contribution is -2.32. The zero-order chi connectivity index (χ0) is 19.8. The van der Waals surface area contributed by atoms with E-state index in [-0.39, 0.29) is 17.0 Å². The minimum Gasteiger partial charge on any atom is -0.507 e. The molecule has 0 unspecified atom stereocenters. The average Bonchev–Trinajstić information content (AvgIpc) is 2.64. The largest absolute Gasteiger partial charge is 0.507 e. The van der Waals surface area contributed by atoms with Crippen LogP contribution in [0.3, 0.4) is 0 Å². The number of nitro benzene ring substituents is 1. The molecule has 0 aromatic heterocycles. The number of rotatable bonds is 6. The molecular weight excluding hydrogens is 356 g/mol. The molecule has 0 aliphatic rings. The Morgan fingerprint density at radius 2 is 1.93 bits per heavy atom. The fourth-order valence-corrected chi connectivity index (χ4v) is 1.96. The van der Waals surface area contributed by atoms with E-state index < -0.39 is 16.7 Å². The molecule has 0 saturated heterocycles. The molecule has 3 N–H and O–H groups in total. The van der Waals surface area contributed by atoms with Gasteiger partial charge in [-0.2, -0.15) is 5.10 Å². The van der Waals surface area contributed by atoms with Gasteiger partial charge in [0, 0.05) is 23.4 Å². The van der Waals surface area contributed by atoms with Gasteiger partial charge >= 0.3 is 11.8 Å². The molecule has 0 heterocycles. The molecule has 0 aliphatic carbocycles. The third kappa shape index (κ3) is 5.53. The second kappa shape index (κ2) is 8.94. The Hall–Kier alpha value is -3.95. The molecule has 0 aliphatic heterocycles. The standard InChI is InChI=1S/C17H16N4O6/c1-2-27-14-6-3-12(4-7-14)19-16(23)17(24)20-18-10-11-9-13(21(25)26)5-8-15(11)22/h3-10,22H,2H2,1H3,(H,19,23)(H,20,24)/b18-10+. The molecule has 0 saturated carbocycles. The number of nitrogens with one attached hydrogen (secondary N) is 2. The van der Waals surface area contributed by atoms with Crippen molar-refractivity contribution in [1.29, 1.82) is 0 Å². The van der Waals surface area contributed by atoms with E-state index in [2.05, 4.69) is 10.4 Å². The van der Waals surface area contributed by atoms with Crippen molar-refractivity contribution in [3.8, 4) is 11.5 Å². The SMILES string of the molecule is CCOc1ccc(NC(=O)C(=O)N/N=C/c2cc([N+](=O)[O-])ccc2O)cc1. The second-order valence-corrected chi connectivity index (χ2v) is 5.11. The van der Waals surface area contributed by atoms with Gasteiger partial charge in [0.1, 0.15) is 11.5 Å². The second-order valence-electron chi connectivity index (χ2n) is 5.11. The third-order valence-corrected chi connectivity index (χ3v) is 3.22. The van der Waals surface area contributed by atoms with Gasteiger partial charge in [-0.05, 0) is 37.3 Å². The Bertz CT molecular complexity index is 879. The van der Waals surface area contributed by atoms with E-state index in [0.717, 1.165) is 24.4 Å². The summed E-state index contributed by atoms with van der Waals surface area (Å²) in [6.45, 7) is 2.35. The van der Waals surface area contributed by atoms with Gasteiger partial charge in [-0.1, -0.05) is 0 Å². The fourth-order valence-electron chi connectivity index (χ4n) is 1.96. The lowest BCUT2D eigenvalue weighted by atomic mass is 10.2. The van der Waals surface area contributed by atoms with Crippen LogP contribution in [-0.4, -0.2) is 34.7 Å². The molecule has 0 bridgehead atoms. The Balaban J connectivity index is 1.94. The first-order valence-corrected chi connectivity index (χ1v) is 7.75. The molecule has 27 heavy (non-hydrogen) atoms. The zero-order valence-corrected chi connectivity index (χ0v) is 14.2. The lowest BCUT2D eigenvalue weighted by molar-refractivity contribution is -0.384. The van der Waals surface area contributed by atoms with Gasteiger partial charge < -0.3 is 15.2 Å². The number of carbonyl (C=O) groups excluding carboxylic acids is 2. The van der Waals surface area contributed by atoms with Gasteiger partial charge in [0.15, 0.2) is 0 Å². The zero-order valence-electron chi connectivity index (χ0n) is 14.2. The maximum atomic E-state index is 11.8. The molecule has 0 fully saturated rings. The molecule has 0 atom stereocenters. The summed E-state index contributed by atoms with van der Waals surface area (Å²) in [6.07, 6.45) is 0.990. The fraction of sp³-hybridized carbons (Fsp3) is 0.118. The van der Waals surface area contributed by atoms with Crippen LogP contribution in [0.25, 0.3) is 0 Å². The number of aromatic hydroxyl groups is 1. The quantitative estimate of drug-likeness (QED) is 0.305.